The second kappa shape index (κ2) is 8.58. The maximum absolute atomic E-state index is 11.9. The van der Waals surface area contributed by atoms with Crippen LogP contribution in [0.1, 0.15) is 6.92 Å². The molecule has 27 heavy (non-hydrogen) atoms. The first-order valence-electron chi connectivity index (χ1n) is 7.94. The lowest BCUT2D eigenvalue weighted by Crippen LogP contribution is -2.50. The van der Waals surface area contributed by atoms with E-state index in [2.05, 4.69) is 13.2 Å². The van der Waals surface area contributed by atoms with Crippen LogP contribution in [-0.4, -0.2) is 67.1 Å². The summed E-state index contributed by atoms with van der Waals surface area (Å²) in [7, 11) is 0. The Labute approximate surface area is 154 Å². The van der Waals surface area contributed by atoms with Gasteiger partial charge in [-0.3, -0.25) is 0 Å². The summed E-state index contributed by atoms with van der Waals surface area (Å²) in [5.41, 5.74) is -1.23. The molecule has 4 unspecified atom stereocenters. The van der Waals surface area contributed by atoms with Gasteiger partial charge in [0.25, 0.3) is 0 Å². The minimum absolute atomic E-state index is 0.0682. The maximum Gasteiger partial charge on any atom is 0.508 e. The zero-order valence-electron chi connectivity index (χ0n) is 14.6. The van der Waals surface area contributed by atoms with Crippen molar-refractivity contribution in [3.8, 4) is 0 Å². The predicted octanol–water partition coefficient (Wildman–Crippen LogP) is 1.56. The summed E-state index contributed by atoms with van der Waals surface area (Å²) in [6.45, 7) is 7.91. The van der Waals surface area contributed by atoms with Crippen LogP contribution in [0.4, 0.5) is 9.59 Å². The molecule has 1 saturated heterocycles. The van der Waals surface area contributed by atoms with Gasteiger partial charge in [0.2, 0.25) is 0 Å². The summed E-state index contributed by atoms with van der Waals surface area (Å²) in [5.74, 6) is -0.671. The van der Waals surface area contributed by atoms with Gasteiger partial charge in [-0.1, -0.05) is 19.2 Å². The highest BCUT2D eigenvalue weighted by molar-refractivity contribution is 5.87. The van der Waals surface area contributed by atoms with Crippen LogP contribution in [0.2, 0.25) is 0 Å². The third-order valence-corrected chi connectivity index (χ3v) is 3.80. The van der Waals surface area contributed by atoms with E-state index in [1.165, 1.54) is 19.3 Å². The molecule has 4 atom stereocenters. The van der Waals surface area contributed by atoms with E-state index in [-0.39, 0.29) is 25.4 Å². The number of carbonyl (C=O) groups is 3. The van der Waals surface area contributed by atoms with Crippen molar-refractivity contribution in [2.75, 3.05) is 19.8 Å². The molecule has 148 valence electrons. The van der Waals surface area contributed by atoms with Crippen LogP contribution < -0.4 is 0 Å². The Hall–Kier alpha value is -3.01. The number of carboxylic acid groups (broad SMARTS) is 1. The lowest BCUT2D eigenvalue weighted by atomic mass is 9.90. The molecule has 2 aliphatic rings. The minimum atomic E-state index is -1.57. The second-order valence-electron chi connectivity index (χ2n) is 5.78. The largest absolute Gasteiger partial charge is 0.508 e. The topological polar surface area (TPSA) is 127 Å². The van der Waals surface area contributed by atoms with Crippen LogP contribution in [0.5, 0.6) is 0 Å². The van der Waals surface area contributed by atoms with Gasteiger partial charge in [-0.2, -0.15) is 0 Å². The van der Waals surface area contributed by atoms with E-state index in [1.807, 2.05) is 0 Å². The van der Waals surface area contributed by atoms with E-state index < -0.39 is 42.2 Å². The Morgan fingerprint density at radius 1 is 1.26 bits per heavy atom. The van der Waals surface area contributed by atoms with Gasteiger partial charge >= 0.3 is 18.3 Å². The van der Waals surface area contributed by atoms with E-state index in [9.17, 15) is 14.4 Å². The van der Waals surface area contributed by atoms with Crippen molar-refractivity contribution in [1.82, 2.24) is 0 Å². The van der Waals surface area contributed by atoms with Crippen LogP contribution >= 0.6 is 0 Å². The first-order chi connectivity index (χ1) is 12.8. The monoisotopic (exact) mass is 384 g/mol. The summed E-state index contributed by atoms with van der Waals surface area (Å²) in [6, 6.07) is 0. The Kier molecular flexibility index (Phi) is 6.45. The third-order valence-electron chi connectivity index (χ3n) is 3.80. The average Bonchev–Trinajstić information content (AvgIpc) is 3.14. The molecule has 2 rings (SSSR count). The predicted molar refractivity (Wildman–Crippen MR) is 87.8 cm³/mol. The van der Waals surface area contributed by atoms with Crippen molar-refractivity contribution in [3.05, 3.63) is 37.1 Å². The third kappa shape index (κ3) is 4.79. The van der Waals surface area contributed by atoms with Gasteiger partial charge in [0.05, 0.1) is 6.26 Å². The molecule has 2 heterocycles. The zero-order valence-corrected chi connectivity index (χ0v) is 14.6. The Balaban J connectivity index is 2.08. The summed E-state index contributed by atoms with van der Waals surface area (Å²) < 4.78 is 30.4. The fraction of sp³-hybridized carbons (Fsp3) is 0.471. The number of hydrogen-bond donors (Lipinski definition) is 1. The quantitative estimate of drug-likeness (QED) is 0.156. The molecule has 1 N–H and O–H groups in total. The summed E-state index contributed by atoms with van der Waals surface area (Å²) in [4.78, 5) is 34.6. The molecule has 0 aromatic heterocycles. The van der Waals surface area contributed by atoms with Crippen molar-refractivity contribution >= 4 is 18.3 Å². The van der Waals surface area contributed by atoms with E-state index >= 15 is 0 Å². The first-order valence-corrected chi connectivity index (χ1v) is 7.94. The van der Waals surface area contributed by atoms with Gasteiger partial charge in [-0.15, -0.1) is 0 Å². The number of esters is 1. The molecule has 10 nitrogen and oxygen atoms in total. The molecule has 0 radical (unpaired) electrons. The summed E-state index contributed by atoms with van der Waals surface area (Å²) in [6.07, 6.45) is -1.55. The lowest BCUT2D eigenvalue weighted by Gasteiger charge is -2.31. The molecule has 10 heteroatoms. The fourth-order valence-electron chi connectivity index (χ4n) is 2.65. The van der Waals surface area contributed by atoms with Crippen molar-refractivity contribution in [2.45, 2.75) is 30.8 Å². The number of rotatable bonds is 9. The molecule has 0 saturated carbocycles. The molecule has 1 fully saturated rings. The molecular formula is C17H20O10. The molecule has 0 spiro atoms. The summed E-state index contributed by atoms with van der Waals surface area (Å²) >= 11 is 0. The lowest BCUT2D eigenvalue weighted by molar-refractivity contribution is -0.149. The molecule has 2 bridgehead atoms. The minimum Gasteiger partial charge on any atom is -0.498 e. The van der Waals surface area contributed by atoms with Crippen LogP contribution in [0.3, 0.4) is 0 Å². The van der Waals surface area contributed by atoms with Crippen molar-refractivity contribution in [2.24, 2.45) is 0 Å². The Morgan fingerprint density at radius 2 is 2.00 bits per heavy atom. The Morgan fingerprint density at radius 3 is 2.63 bits per heavy atom. The number of hydrogen-bond acceptors (Lipinski definition) is 9. The highest BCUT2D eigenvalue weighted by Gasteiger charge is 2.62. The smallest absolute Gasteiger partial charge is 0.498 e. The fourth-order valence-corrected chi connectivity index (χ4v) is 2.65. The van der Waals surface area contributed by atoms with Crippen LogP contribution in [0.25, 0.3) is 0 Å². The first kappa shape index (κ1) is 20.3. The van der Waals surface area contributed by atoms with Crippen molar-refractivity contribution in [1.29, 1.82) is 0 Å². The average molecular weight is 384 g/mol. The van der Waals surface area contributed by atoms with E-state index in [0.717, 1.165) is 0 Å². The number of fused-ring (bicyclic) bond motifs is 2. The van der Waals surface area contributed by atoms with Crippen LogP contribution in [0.15, 0.2) is 37.1 Å². The van der Waals surface area contributed by atoms with Gasteiger partial charge < -0.3 is 33.5 Å². The molecule has 2 aliphatic heterocycles. The standard InChI is InChI=1S/C17H20O10/c1-4-22-7-8-23-16(21)26-13-12(25-15(19)20)11-5-6-17(13,27-11)9-24-14(18)10(2)3/h4-6,11-13H,1-2,7-9H2,3H3,(H,19,20). The van der Waals surface area contributed by atoms with E-state index in [1.54, 1.807) is 6.08 Å². The normalized spacial score (nSPS) is 27.5. The van der Waals surface area contributed by atoms with Crippen LogP contribution in [-0.2, 0) is 33.2 Å². The SMILES string of the molecule is C=COCCOC(=O)OC1C(OC(=O)O)C2C=CC1(COC(=O)C(=C)C)O2. The van der Waals surface area contributed by atoms with Crippen LogP contribution in [0, 0.1) is 0 Å². The number of carbonyl (C=O) groups excluding carboxylic acids is 2. The van der Waals surface area contributed by atoms with Gasteiger partial charge in [-0.25, -0.2) is 14.4 Å². The van der Waals surface area contributed by atoms with Gasteiger partial charge in [-0.05, 0) is 13.0 Å². The molecule has 0 aliphatic carbocycles. The number of ether oxygens (including phenoxy) is 6. The summed E-state index contributed by atoms with van der Waals surface area (Å²) in [5, 5.41) is 8.93. The van der Waals surface area contributed by atoms with Gasteiger partial charge in [0.1, 0.15) is 25.9 Å². The molecule has 0 amide bonds. The zero-order chi connectivity index (χ0) is 20.0. The van der Waals surface area contributed by atoms with E-state index in [0.29, 0.717) is 0 Å². The van der Waals surface area contributed by atoms with Crippen molar-refractivity contribution < 1.29 is 47.9 Å². The molecule has 0 aromatic rings. The van der Waals surface area contributed by atoms with Crippen molar-refractivity contribution in [3.63, 3.8) is 0 Å². The molecule has 0 aromatic carbocycles. The molecular weight excluding hydrogens is 364 g/mol. The highest BCUT2D eigenvalue weighted by atomic mass is 16.8. The Bertz CT molecular complexity index is 654. The second-order valence-corrected chi connectivity index (χ2v) is 5.78. The van der Waals surface area contributed by atoms with E-state index in [4.69, 9.17) is 33.5 Å². The van der Waals surface area contributed by atoms with Gasteiger partial charge in [0, 0.05) is 5.57 Å². The van der Waals surface area contributed by atoms with Gasteiger partial charge in [0.15, 0.2) is 17.8 Å². The maximum atomic E-state index is 11.9. The highest BCUT2D eigenvalue weighted by Crippen LogP contribution is 2.42.